The van der Waals surface area contributed by atoms with Crippen LogP contribution >= 0.6 is 0 Å². The Morgan fingerprint density at radius 2 is 1.51 bits per heavy atom. The van der Waals surface area contributed by atoms with E-state index in [1.807, 2.05) is 87.8 Å². The fourth-order valence-electron chi connectivity index (χ4n) is 5.37. The van der Waals surface area contributed by atoms with Gasteiger partial charge in [0, 0.05) is 37.3 Å². The first-order chi connectivity index (χ1) is 19.9. The van der Waals surface area contributed by atoms with Crippen LogP contribution in [0.2, 0.25) is 0 Å². The summed E-state index contributed by atoms with van der Waals surface area (Å²) in [4.78, 5) is 29.5. The van der Waals surface area contributed by atoms with Gasteiger partial charge in [0.1, 0.15) is 0 Å². The Morgan fingerprint density at radius 1 is 0.951 bits per heavy atom. The summed E-state index contributed by atoms with van der Waals surface area (Å²) < 4.78 is 6.50. The summed E-state index contributed by atoms with van der Waals surface area (Å²) in [5.41, 5.74) is 4.20. The zero-order chi connectivity index (χ0) is 30.8. The Bertz CT molecular complexity index is 1030. The Kier molecular flexibility index (Phi) is 16.9. The van der Waals surface area contributed by atoms with E-state index in [-0.39, 0.29) is 17.4 Å². The molecule has 1 fully saturated rings. The highest BCUT2D eigenvalue weighted by Gasteiger charge is 2.32. The van der Waals surface area contributed by atoms with Crippen molar-refractivity contribution in [3.05, 3.63) is 77.4 Å². The number of hydrogen-bond acceptors (Lipinski definition) is 3. The maximum Gasteiger partial charge on any atom is 0.253 e. The minimum Gasteiger partial charge on any atom is -0.366 e. The predicted molar refractivity (Wildman–Crippen MR) is 175 cm³/mol. The third-order valence-corrected chi connectivity index (χ3v) is 7.43. The number of benzene rings is 1. The van der Waals surface area contributed by atoms with E-state index in [9.17, 15) is 9.59 Å². The lowest BCUT2D eigenvalue weighted by Crippen LogP contribution is -2.34. The monoisotopic (exact) mass is 564 g/mol. The summed E-state index contributed by atoms with van der Waals surface area (Å²) in [6, 6.07) is 7.93. The molecule has 3 rings (SSSR count). The van der Waals surface area contributed by atoms with E-state index in [4.69, 9.17) is 4.74 Å². The topological polar surface area (TPSA) is 49.9 Å². The van der Waals surface area contributed by atoms with E-state index in [0.717, 1.165) is 68.3 Å². The maximum absolute atomic E-state index is 13.0. The minimum atomic E-state index is -0.303. The van der Waals surface area contributed by atoms with Crippen molar-refractivity contribution >= 4 is 17.4 Å². The van der Waals surface area contributed by atoms with Gasteiger partial charge in [-0.15, -0.1) is 0 Å². The van der Waals surface area contributed by atoms with Gasteiger partial charge in [-0.25, -0.2) is 0 Å². The van der Waals surface area contributed by atoms with Crippen LogP contribution in [0.5, 0.6) is 0 Å². The van der Waals surface area contributed by atoms with Crippen molar-refractivity contribution in [2.45, 2.75) is 99.5 Å². The molecule has 0 radical (unpaired) electrons. The standard InChI is InChI=1S/C32H44N2O3.2C2H6/c1-6-19-32(20-7-2)23-29(26-14-16-27(17-15-26)31(36)33(9-4)10-5)28(24-37-32)18-13-25(8-3)30(35)34-21-11-12-22-34;2*1-2/h8,13-18,23H,3,6-7,9-12,19-22,24H2,1-2,4-5H3;2*1-2H3/b25-13+,28-18+;;. The van der Waals surface area contributed by atoms with Crippen molar-refractivity contribution in [3.8, 4) is 0 Å². The Morgan fingerprint density at radius 3 is 2.00 bits per heavy atom. The zero-order valence-corrected chi connectivity index (χ0v) is 27.2. The van der Waals surface area contributed by atoms with Gasteiger partial charge >= 0.3 is 0 Å². The number of carbonyl (C=O) groups excluding carboxylic acids is 2. The number of rotatable bonds is 11. The average molecular weight is 565 g/mol. The molecule has 228 valence electrons. The molecule has 41 heavy (non-hydrogen) atoms. The normalized spacial score (nSPS) is 17.1. The summed E-state index contributed by atoms with van der Waals surface area (Å²) in [7, 11) is 0. The highest BCUT2D eigenvalue weighted by molar-refractivity contribution is 5.97. The summed E-state index contributed by atoms with van der Waals surface area (Å²) in [6.45, 7) is 23.8. The highest BCUT2D eigenvalue weighted by Crippen LogP contribution is 2.38. The summed E-state index contributed by atoms with van der Waals surface area (Å²) in [5.74, 6) is 0.0933. The van der Waals surface area contributed by atoms with E-state index in [1.165, 1.54) is 0 Å². The molecule has 0 bridgehead atoms. The number of nitrogens with zero attached hydrogens (tertiary/aromatic N) is 2. The maximum atomic E-state index is 13.0. The van der Waals surface area contributed by atoms with E-state index >= 15 is 0 Å². The van der Waals surface area contributed by atoms with Gasteiger partial charge in [-0.3, -0.25) is 9.59 Å². The largest absolute Gasteiger partial charge is 0.366 e. The fourth-order valence-corrected chi connectivity index (χ4v) is 5.37. The first-order valence-electron chi connectivity index (χ1n) is 16.0. The molecule has 1 aromatic carbocycles. The van der Waals surface area contributed by atoms with Crippen LogP contribution < -0.4 is 0 Å². The van der Waals surface area contributed by atoms with E-state index in [0.29, 0.717) is 30.8 Å². The molecule has 0 unspecified atom stereocenters. The van der Waals surface area contributed by atoms with Crippen molar-refractivity contribution in [1.29, 1.82) is 0 Å². The first kappa shape index (κ1) is 36.1. The van der Waals surface area contributed by atoms with Crippen LogP contribution in [0.1, 0.15) is 110 Å². The number of hydrogen-bond donors (Lipinski definition) is 0. The summed E-state index contributed by atoms with van der Waals surface area (Å²) in [6.07, 6.45) is 13.9. The highest BCUT2D eigenvalue weighted by atomic mass is 16.5. The van der Waals surface area contributed by atoms with E-state index < -0.39 is 0 Å². The molecule has 0 saturated carbocycles. The molecular weight excluding hydrogens is 508 g/mol. The molecule has 5 heteroatoms. The van der Waals surface area contributed by atoms with Crippen molar-refractivity contribution in [2.75, 3.05) is 32.8 Å². The predicted octanol–water partition coefficient (Wildman–Crippen LogP) is 8.63. The fraction of sp³-hybridized carbons (Fsp3) is 0.556. The lowest BCUT2D eigenvalue weighted by Gasteiger charge is -2.37. The van der Waals surface area contributed by atoms with Crippen molar-refractivity contribution in [1.82, 2.24) is 9.80 Å². The second-order valence-electron chi connectivity index (χ2n) is 9.98. The molecule has 0 atom stereocenters. The second kappa shape index (κ2) is 19.2. The van der Waals surface area contributed by atoms with Gasteiger partial charge in [0.05, 0.1) is 12.2 Å². The van der Waals surface area contributed by atoms with Gasteiger partial charge in [-0.05, 0) is 80.5 Å². The second-order valence-corrected chi connectivity index (χ2v) is 9.98. The molecule has 0 spiro atoms. The van der Waals surface area contributed by atoms with E-state index in [1.54, 1.807) is 6.08 Å². The summed E-state index contributed by atoms with van der Waals surface area (Å²) >= 11 is 0. The summed E-state index contributed by atoms with van der Waals surface area (Å²) in [5, 5.41) is 0. The minimum absolute atomic E-state index is 0.0391. The SMILES string of the molecule is C=C/C(=C\C=C1/COC(CCC)(CCC)C=C1c1ccc(C(=O)N(CC)CC)cc1)C(=O)N1CCCC1.CC.CC. The third kappa shape index (κ3) is 9.85. The Labute approximate surface area is 251 Å². The lowest BCUT2D eigenvalue weighted by atomic mass is 9.83. The number of likely N-dealkylation sites (tertiary alicyclic amines) is 1. The van der Waals surface area contributed by atoms with Crippen molar-refractivity contribution in [2.24, 2.45) is 0 Å². The van der Waals surface area contributed by atoms with Crippen LogP contribution in [0.25, 0.3) is 5.57 Å². The van der Waals surface area contributed by atoms with Crippen molar-refractivity contribution in [3.63, 3.8) is 0 Å². The molecular formula is C36H56N2O3. The first-order valence-corrected chi connectivity index (χ1v) is 16.0. The van der Waals surface area contributed by atoms with E-state index in [2.05, 4.69) is 26.5 Å². The molecule has 2 heterocycles. The van der Waals surface area contributed by atoms with Gasteiger partial charge < -0.3 is 14.5 Å². The molecule has 0 aliphatic carbocycles. The molecule has 0 aromatic heterocycles. The van der Waals surface area contributed by atoms with Crippen LogP contribution in [0.15, 0.2) is 66.3 Å². The number of ether oxygens (including phenoxy) is 1. The molecule has 2 amide bonds. The molecule has 2 aliphatic heterocycles. The van der Waals surface area contributed by atoms with Crippen LogP contribution in [-0.4, -0.2) is 60.0 Å². The smallest absolute Gasteiger partial charge is 0.253 e. The number of carbonyl (C=O) groups is 2. The van der Waals surface area contributed by atoms with Crippen LogP contribution in [0, 0.1) is 0 Å². The number of amides is 2. The van der Waals surface area contributed by atoms with Gasteiger partial charge in [0.15, 0.2) is 0 Å². The average Bonchev–Trinajstić information content (AvgIpc) is 3.56. The van der Waals surface area contributed by atoms with Gasteiger partial charge in [0.2, 0.25) is 0 Å². The molecule has 5 nitrogen and oxygen atoms in total. The zero-order valence-electron chi connectivity index (χ0n) is 27.2. The molecule has 1 saturated heterocycles. The third-order valence-electron chi connectivity index (χ3n) is 7.43. The quantitative estimate of drug-likeness (QED) is 0.200. The van der Waals surface area contributed by atoms with Crippen molar-refractivity contribution < 1.29 is 14.3 Å². The Hall–Kier alpha value is -2.92. The van der Waals surface area contributed by atoms with Gasteiger partial charge in [-0.1, -0.05) is 85.2 Å². The Balaban J connectivity index is 0.00000201. The van der Waals surface area contributed by atoms with Gasteiger partial charge in [0.25, 0.3) is 11.8 Å². The van der Waals surface area contributed by atoms with Gasteiger partial charge in [-0.2, -0.15) is 0 Å². The van der Waals surface area contributed by atoms with Crippen LogP contribution in [-0.2, 0) is 9.53 Å². The van der Waals surface area contributed by atoms with Crippen LogP contribution in [0.3, 0.4) is 0 Å². The number of allylic oxidation sites excluding steroid dienone is 2. The molecule has 2 aliphatic rings. The molecule has 0 N–H and O–H groups in total. The van der Waals surface area contributed by atoms with Crippen LogP contribution in [0.4, 0.5) is 0 Å². The molecule has 1 aromatic rings. The lowest BCUT2D eigenvalue weighted by molar-refractivity contribution is -0.125.